The summed E-state index contributed by atoms with van der Waals surface area (Å²) in [5.74, 6) is -4.40. The molecule has 0 radical (unpaired) electrons. The monoisotopic (exact) mass is 594 g/mol. The summed E-state index contributed by atoms with van der Waals surface area (Å²) >= 11 is 2.27. The number of nitro groups is 1. The highest BCUT2D eigenvalue weighted by molar-refractivity contribution is 7.92. The third-order valence-electron chi connectivity index (χ3n) is 6.17. The maximum absolute atomic E-state index is 12.7. The summed E-state index contributed by atoms with van der Waals surface area (Å²) in [5, 5.41) is 13.9. The number of ether oxygens (including phenoxy) is 1. The van der Waals surface area contributed by atoms with Crippen LogP contribution in [0, 0.1) is 10.1 Å². The molecule has 0 saturated heterocycles. The molecule has 4 rings (SSSR count). The Labute approximate surface area is 231 Å². The van der Waals surface area contributed by atoms with Crippen molar-refractivity contribution >= 4 is 71.2 Å². The molecule has 0 bridgehead atoms. The second kappa shape index (κ2) is 11.8. The number of methoxy groups -OCH3 is 1. The lowest BCUT2D eigenvalue weighted by Crippen LogP contribution is -2.28. The van der Waals surface area contributed by atoms with Crippen LogP contribution in [0.2, 0.25) is 0 Å². The Morgan fingerprint density at radius 2 is 1.90 bits per heavy atom. The van der Waals surface area contributed by atoms with E-state index in [0.29, 0.717) is 23.2 Å². The van der Waals surface area contributed by atoms with Crippen molar-refractivity contribution in [3.8, 4) is 0 Å². The molecule has 0 spiro atoms. The first-order valence-electron chi connectivity index (χ1n) is 12.1. The van der Waals surface area contributed by atoms with Crippen LogP contribution in [-0.2, 0) is 43.5 Å². The summed E-state index contributed by atoms with van der Waals surface area (Å²) in [6.07, 6.45) is 4.31. The van der Waals surface area contributed by atoms with Crippen LogP contribution >= 0.6 is 22.7 Å². The largest absolute Gasteiger partial charge is 0.465 e. The Morgan fingerprint density at radius 1 is 1.15 bits per heavy atom. The number of aryl methyl sites for hydroxylation is 2. The topological polar surface area (TPSA) is 167 Å². The number of amides is 2. The van der Waals surface area contributed by atoms with E-state index in [1.54, 1.807) is 17.6 Å². The van der Waals surface area contributed by atoms with E-state index >= 15 is 0 Å². The van der Waals surface area contributed by atoms with Gasteiger partial charge in [-0.25, -0.2) is 13.2 Å². The van der Waals surface area contributed by atoms with Crippen LogP contribution in [0.1, 0.15) is 47.0 Å². The van der Waals surface area contributed by atoms with Crippen molar-refractivity contribution in [3.63, 3.8) is 0 Å². The maximum atomic E-state index is 12.7. The van der Waals surface area contributed by atoms with Crippen molar-refractivity contribution in [2.24, 2.45) is 4.99 Å². The number of carbonyl (C=O) groups is 3. The van der Waals surface area contributed by atoms with Crippen LogP contribution in [0.25, 0.3) is 10.2 Å². The molecule has 1 N–H and O–H groups in total. The predicted molar refractivity (Wildman–Crippen MR) is 147 cm³/mol. The van der Waals surface area contributed by atoms with Gasteiger partial charge in [-0.15, -0.1) is 11.3 Å². The molecule has 0 atom stereocenters. The zero-order valence-corrected chi connectivity index (χ0v) is 23.7. The first-order chi connectivity index (χ1) is 18.5. The number of benzene rings is 1. The average Bonchev–Trinajstić information content (AvgIpc) is 3.28. The van der Waals surface area contributed by atoms with Gasteiger partial charge >= 0.3 is 5.97 Å². The molecular formula is C24H26N4O8S3. The second-order valence-electron chi connectivity index (χ2n) is 8.88. The number of rotatable bonds is 8. The molecular weight excluding hydrogens is 568 g/mol. The maximum Gasteiger partial charge on any atom is 0.341 e. The molecule has 1 aromatic carbocycles. The number of hydrogen-bond acceptors (Lipinski definition) is 10. The van der Waals surface area contributed by atoms with Gasteiger partial charge in [0.15, 0.2) is 14.6 Å². The highest BCUT2D eigenvalue weighted by Crippen LogP contribution is 2.38. The number of nitrogens with one attached hydrogen (secondary N) is 1. The number of hydrogen-bond donors (Lipinski definition) is 1. The van der Waals surface area contributed by atoms with Crippen LogP contribution in [0.3, 0.4) is 0 Å². The van der Waals surface area contributed by atoms with Crippen molar-refractivity contribution in [3.05, 3.63) is 49.1 Å². The molecule has 208 valence electrons. The number of thiophene rings is 1. The lowest BCUT2D eigenvalue weighted by atomic mass is 10.1. The number of thiazole rings is 1. The van der Waals surface area contributed by atoms with Crippen molar-refractivity contribution in [1.29, 1.82) is 0 Å². The van der Waals surface area contributed by atoms with E-state index in [1.807, 2.05) is 0 Å². The zero-order valence-electron chi connectivity index (χ0n) is 21.2. The zero-order chi connectivity index (χ0) is 28.3. The van der Waals surface area contributed by atoms with E-state index in [-0.39, 0.29) is 21.1 Å². The van der Waals surface area contributed by atoms with Crippen LogP contribution in [0.15, 0.2) is 23.2 Å². The molecule has 1 aliphatic carbocycles. The molecule has 0 fully saturated rings. The Balaban J connectivity index is 1.51. The predicted octanol–water partition coefficient (Wildman–Crippen LogP) is 3.23. The number of fused-ring (bicyclic) bond motifs is 2. The summed E-state index contributed by atoms with van der Waals surface area (Å²) in [6, 6.07) is 4.25. The van der Waals surface area contributed by atoms with Crippen LogP contribution in [0.5, 0.6) is 0 Å². The van der Waals surface area contributed by atoms with Gasteiger partial charge in [0.05, 0.1) is 27.8 Å². The number of nitrogens with zero attached hydrogens (tertiary/aromatic N) is 3. The van der Waals surface area contributed by atoms with Gasteiger partial charge in [-0.3, -0.25) is 19.7 Å². The standard InChI is InChI=1S/C24H26N4O8S3/c1-3-27-16-10-9-14(28(32)33)11-18(16)38-24(27)26-20(30)13-39(34,35)12-19(29)25-22-21(23(31)36-2)15-7-5-4-6-8-17(15)37-22/h9-11H,3-8,12-13H2,1-2H3,(H,25,29). The summed E-state index contributed by atoms with van der Waals surface area (Å²) in [6.45, 7) is 2.19. The number of carbonyl (C=O) groups excluding carboxylic acids is 3. The number of anilines is 1. The third kappa shape index (κ3) is 6.42. The van der Waals surface area contributed by atoms with Crippen LogP contribution < -0.4 is 10.1 Å². The third-order valence-corrected chi connectivity index (χ3v) is 9.81. The molecule has 2 aromatic heterocycles. The summed E-state index contributed by atoms with van der Waals surface area (Å²) in [5.41, 5.74) is 1.59. The van der Waals surface area contributed by atoms with E-state index in [1.165, 1.54) is 30.6 Å². The van der Waals surface area contributed by atoms with E-state index in [9.17, 15) is 32.9 Å². The minimum Gasteiger partial charge on any atom is -0.465 e. The number of non-ortho nitro benzene ring substituents is 1. The highest BCUT2D eigenvalue weighted by Gasteiger charge is 2.28. The number of esters is 1. The number of aromatic nitrogens is 1. The average molecular weight is 595 g/mol. The van der Waals surface area contributed by atoms with E-state index in [2.05, 4.69) is 10.3 Å². The fourth-order valence-electron chi connectivity index (χ4n) is 4.46. The summed E-state index contributed by atoms with van der Waals surface area (Å²) in [4.78, 5) is 53.4. The van der Waals surface area contributed by atoms with Gasteiger partial charge in [0.1, 0.15) is 16.5 Å². The minimum absolute atomic E-state index is 0.115. The van der Waals surface area contributed by atoms with Gasteiger partial charge in [0, 0.05) is 23.6 Å². The normalized spacial score (nSPS) is 14.1. The van der Waals surface area contributed by atoms with Gasteiger partial charge < -0.3 is 14.6 Å². The van der Waals surface area contributed by atoms with Gasteiger partial charge in [-0.05, 0) is 44.2 Å². The molecule has 0 saturated carbocycles. The SMILES string of the molecule is CCn1c(=NC(=O)CS(=O)(=O)CC(=O)Nc2sc3c(c2C(=O)OC)CCCCC3)sc2cc([N+](=O)[O-])ccc21. The van der Waals surface area contributed by atoms with E-state index in [4.69, 9.17) is 4.74 Å². The summed E-state index contributed by atoms with van der Waals surface area (Å²) < 4.78 is 32.4. The van der Waals surface area contributed by atoms with E-state index < -0.39 is 44.0 Å². The number of nitro benzene ring substituents is 1. The van der Waals surface area contributed by atoms with Crippen molar-refractivity contribution < 1.29 is 32.5 Å². The Hall–Kier alpha value is -3.43. The molecule has 0 aliphatic heterocycles. The molecule has 1 aliphatic rings. The molecule has 3 aromatic rings. The van der Waals surface area contributed by atoms with Gasteiger partial charge in [-0.1, -0.05) is 17.8 Å². The van der Waals surface area contributed by atoms with Crippen molar-refractivity contribution in [2.75, 3.05) is 23.9 Å². The first-order valence-corrected chi connectivity index (χ1v) is 15.6. The molecule has 2 amide bonds. The first kappa shape index (κ1) is 28.6. The fraction of sp³-hybridized carbons (Fsp3) is 0.417. The molecule has 15 heteroatoms. The smallest absolute Gasteiger partial charge is 0.341 e. The molecule has 39 heavy (non-hydrogen) atoms. The molecule has 2 heterocycles. The van der Waals surface area contributed by atoms with E-state index in [0.717, 1.165) is 47.5 Å². The number of sulfone groups is 1. The Morgan fingerprint density at radius 3 is 2.59 bits per heavy atom. The quantitative estimate of drug-likeness (QED) is 0.180. The van der Waals surface area contributed by atoms with Crippen molar-refractivity contribution in [2.45, 2.75) is 45.6 Å². The Kier molecular flexibility index (Phi) is 8.61. The van der Waals surface area contributed by atoms with Gasteiger partial charge in [0.25, 0.3) is 11.6 Å². The van der Waals surface area contributed by atoms with Gasteiger partial charge in [-0.2, -0.15) is 4.99 Å². The fourth-order valence-corrected chi connectivity index (χ4v) is 7.91. The Bertz CT molecular complexity index is 1650. The molecule has 0 unspecified atom stereocenters. The highest BCUT2D eigenvalue weighted by atomic mass is 32.2. The summed E-state index contributed by atoms with van der Waals surface area (Å²) in [7, 11) is -2.95. The lowest BCUT2D eigenvalue weighted by molar-refractivity contribution is -0.384. The van der Waals surface area contributed by atoms with Crippen LogP contribution in [0.4, 0.5) is 10.7 Å². The lowest BCUT2D eigenvalue weighted by Gasteiger charge is -2.07. The minimum atomic E-state index is -4.20. The molecule has 12 nitrogen and oxygen atoms in total. The van der Waals surface area contributed by atoms with Gasteiger partial charge in [0.2, 0.25) is 5.91 Å². The van der Waals surface area contributed by atoms with Crippen LogP contribution in [-0.4, -0.2) is 54.3 Å². The second-order valence-corrected chi connectivity index (χ2v) is 13.1. The van der Waals surface area contributed by atoms with Crippen molar-refractivity contribution in [1.82, 2.24) is 4.57 Å².